The van der Waals surface area contributed by atoms with Gasteiger partial charge in [-0.3, -0.25) is 4.79 Å². The Morgan fingerprint density at radius 1 is 1.29 bits per heavy atom. The first kappa shape index (κ1) is 17.7. The van der Waals surface area contributed by atoms with Crippen molar-refractivity contribution in [1.29, 1.82) is 0 Å². The molecule has 2 atom stereocenters. The van der Waals surface area contributed by atoms with Gasteiger partial charge in [0.1, 0.15) is 0 Å². The fraction of sp³-hybridized carbons (Fsp3) is 0.588. The topological polar surface area (TPSA) is 75.4 Å². The number of carbonyl (C=O) groups is 1. The molecule has 0 spiro atoms. The van der Waals surface area contributed by atoms with Crippen LogP contribution in [-0.2, 0) is 11.2 Å². The van der Waals surface area contributed by atoms with Crippen LogP contribution in [0.2, 0.25) is 0 Å². The first-order chi connectivity index (χ1) is 10.2. The van der Waals surface area contributed by atoms with Gasteiger partial charge in [0.25, 0.3) is 0 Å². The monoisotopic (exact) mass is 292 g/mol. The van der Waals surface area contributed by atoms with E-state index < -0.39 is 0 Å². The third-order valence-corrected chi connectivity index (χ3v) is 3.84. The molecule has 0 aliphatic heterocycles. The normalized spacial score (nSPS) is 13.7. The summed E-state index contributed by atoms with van der Waals surface area (Å²) >= 11 is 0. The second-order valence-corrected chi connectivity index (χ2v) is 5.53. The lowest BCUT2D eigenvalue weighted by Crippen LogP contribution is -2.39. The second kappa shape index (κ2) is 10.4. The summed E-state index contributed by atoms with van der Waals surface area (Å²) in [5, 5.41) is 12.3. The summed E-state index contributed by atoms with van der Waals surface area (Å²) in [6.45, 7) is 2.76. The third-order valence-electron chi connectivity index (χ3n) is 3.84. The summed E-state index contributed by atoms with van der Waals surface area (Å²) in [6.07, 6.45) is 4.05. The van der Waals surface area contributed by atoms with Crippen LogP contribution < -0.4 is 11.1 Å². The van der Waals surface area contributed by atoms with Crippen LogP contribution in [-0.4, -0.2) is 30.2 Å². The molecule has 118 valence electrons. The Morgan fingerprint density at radius 3 is 2.57 bits per heavy atom. The largest absolute Gasteiger partial charge is 0.394 e. The molecule has 0 saturated carbocycles. The number of aliphatic hydroxyl groups is 1. The molecule has 1 aromatic rings. The van der Waals surface area contributed by atoms with Gasteiger partial charge in [-0.2, -0.15) is 0 Å². The summed E-state index contributed by atoms with van der Waals surface area (Å²) in [4.78, 5) is 12.0. The number of nitrogens with one attached hydrogen (secondary N) is 1. The predicted octanol–water partition coefficient (Wildman–Crippen LogP) is 1.86. The van der Waals surface area contributed by atoms with Crippen LogP contribution in [0.3, 0.4) is 0 Å². The summed E-state index contributed by atoms with van der Waals surface area (Å²) in [5.74, 6) is 0.530. The Labute approximate surface area is 127 Å². The first-order valence-electron chi connectivity index (χ1n) is 7.83. The van der Waals surface area contributed by atoms with E-state index in [9.17, 15) is 9.90 Å². The van der Waals surface area contributed by atoms with Crippen molar-refractivity contribution in [2.75, 3.05) is 13.2 Å². The Kier molecular flexibility index (Phi) is 8.71. The van der Waals surface area contributed by atoms with E-state index in [1.54, 1.807) is 0 Å². The van der Waals surface area contributed by atoms with Gasteiger partial charge in [0.15, 0.2) is 0 Å². The van der Waals surface area contributed by atoms with Crippen LogP contribution in [0.4, 0.5) is 0 Å². The van der Waals surface area contributed by atoms with Gasteiger partial charge in [-0.05, 0) is 37.3 Å². The standard InChI is InChI=1S/C17H28N2O2/c1-2-14(10-11-18)8-9-17(21)19-16(13-20)12-15-6-4-3-5-7-15/h3-7,14,16,20H,2,8-13,18H2,1H3,(H,19,21)/t14?,16-/m1/s1. The average Bonchev–Trinajstić information content (AvgIpc) is 2.51. The maximum Gasteiger partial charge on any atom is 0.220 e. The zero-order valence-corrected chi connectivity index (χ0v) is 12.9. The molecule has 0 radical (unpaired) electrons. The number of nitrogens with two attached hydrogens (primary N) is 1. The highest BCUT2D eigenvalue weighted by molar-refractivity contribution is 5.76. The highest BCUT2D eigenvalue weighted by Gasteiger charge is 2.14. The number of amides is 1. The van der Waals surface area contributed by atoms with Gasteiger partial charge in [-0.25, -0.2) is 0 Å². The number of benzene rings is 1. The van der Waals surface area contributed by atoms with Crippen LogP contribution in [0.15, 0.2) is 30.3 Å². The van der Waals surface area contributed by atoms with Crippen LogP contribution >= 0.6 is 0 Å². The molecule has 4 heteroatoms. The second-order valence-electron chi connectivity index (χ2n) is 5.53. The molecule has 0 saturated heterocycles. The molecule has 0 fully saturated rings. The minimum Gasteiger partial charge on any atom is -0.394 e. The number of hydrogen-bond donors (Lipinski definition) is 3. The van der Waals surface area contributed by atoms with Crippen molar-refractivity contribution in [2.45, 2.75) is 45.1 Å². The maximum absolute atomic E-state index is 12.0. The highest BCUT2D eigenvalue weighted by atomic mass is 16.3. The molecular weight excluding hydrogens is 264 g/mol. The number of hydrogen-bond acceptors (Lipinski definition) is 3. The SMILES string of the molecule is CCC(CCN)CCC(=O)N[C@@H](CO)Cc1ccccc1. The fourth-order valence-corrected chi connectivity index (χ4v) is 2.48. The summed E-state index contributed by atoms with van der Waals surface area (Å²) in [6, 6.07) is 9.67. The number of rotatable bonds is 10. The molecule has 4 N–H and O–H groups in total. The molecule has 1 rings (SSSR count). The van der Waals surface area contributed by atoms with E-state index in [2.05, 4.69) is 12.2 Å². The van der Waals surface area contributed by atoms with E-state index in [4.69, 9.17) is 5.73 Å². The Bertz CT molecular complexity index is 395. The number of carbonyl (C=O) groups excluding carboxylic acids is 1. The molecule has 1 aromatic carbocycles. The van der Waals surface area contributed by atoms with Gasteiger partial charge in [-0.1, -0.05) is 43.7 Å². The van der Waals surface area contributed by atoms with Crippen LogP contribution in [0.1, 0.15) is 38.2 Å². The fourth-order valence-electron chi connectivity index (χ4n) is 2.48. The lowest BCUT2D eigenvalue weighted by Gasteiger charge is -2.18. The zero-order valence-electron chi connectivity index (χ0n) is 12.9. The van der Waals surface area contributed by atoms with Crippen molar-refractivity contribution in [3.63, 3.8) is 0 Å². The Balaban J connectivity index is 2.37. The van der Waals surface area contributed by atoms with Crippen molar-refractivity contribution in [3.05, 3.63) is 35.9 Å². The molecule has 0 aliphatic rings. The van der Waals surface area contributed by atoms with E-state index >= 15 is 0 Å². The minimum absolute atomic E-state index is 0.0143. The minimum atomic E-state index is -0.213. The highest BCUT2D eigenvalue weighted by Crippen LogP contribution is 2.14. The van der Waals surface area contributed by atoms with Crippen molar-refractivity contribution < 1.29 is 9.90 Å². The van der Waals surface area contributed by atoms with Gasteiger partial charge in [0.05, 0.1) is 12.6 Å². The van der Waals surface area contributed by atoms with Gasteiger partial charge in [-0.15, -0.1) is 0 Å². The Morgan fingerprint density at radius 2 is 2.00 bits per heavy atom. The van der Waals surface area contributed by atoms with E-state index in [-0.39, 0.29) is 18.6 Å². The molecule has 0 aliphatic carbocycles. The molecule has 1 amide bonds. The van der Waals surface area contributed by atoms with Gasteiger partial charge < -0.3 is 16.2 Å². The molecule has 21 heavy (non-hydrogen) atoms. The van der Waals surface area contributed by atoms with Gasteiger partial charge in [0, 0.05) is 6.42 Å². The lowest BCUT2D eigenvalue weighted by atomic mass is 9.96. The third kappa shape index (κ3) is 7.25. The Hall–Kier alpha value is -1.39. The predicted molar refractivity (Wildman–Crippen MR) is 85.8 cm³/mol. The van der Waals surface area contributed by atoms with E-state index in [1.165, 1.54) is 0 Å². The van der Waals surface area contributed by atoms with Crippen molar-refractivity contribution in [3.8, 4) is 0 Å². The summed E-state index contributed by atoms with van der Waals surface area (Å²) < 4.78 is 0. The first-order valence-corrected chi connectivity index (χ1v) is 7.83. The lowest BCUT2D eigenvalue weighted by molar-refractivity contribution is -0.122. The van der Waals surface area contributed by atoms with Crippen LogP contribution in [0.25, 0.3) is 0 Å². The van der Waals surface area contributed by atoms with E-state index in [0.717, 1.165) is 24.8 Å². The van der Waals surface area contributed by atoms with Crippen LogP contribution in [0.5, 0.6) is 0 Å². The van der Waals surface area contributed by atoms with E-state index in [1.807, 2.05) is 30.3 Å². The van der Waals surface area contributed by atoms with Crippen LogP contribution in [0, 0.1) is 5.92 Å². The van der Waals surface area contributed by atoms with Gasteiger partial charge in [0.2, 0.25) is 5.91 Å². The van der Waals surface area contributed by atoms with Crippen molar-refractivity contribution >= 4 is 5.91 Å². The molecule has 4 nitrogen and oxygen atoms in total. The molecule has 0 heterocycles. The smallest absolute Gasteiger partial charge is 0.220 e. The summed E-state index contributed by atoms with van der Waals surface area (Å²) in [7, 11) is 0. The molecular formula is C17H28N2O2. The zero-order chi connectivity index (χ0) is 15.5. The van der Waals surface area contributed by atoms with E-state index in [0.29, 0.717) is 25.3 Å². The molecule has 1 unspecified atom stereocenters. The summed E-state index contributed by atoms with van der Waals surface area (Å²) in [5.41, 5.74) is 6.68. The molecule has 0 bridgehead atoms. The quantitative estimate of drug-likeness (QED) is 0.616. The van der Waals surface area contributed by atoms with Gasteiger partial charge >= 0.3 is 0 Å². The van der Waals surface area contributed by atoms with Crippen molar-refractivity contribution in [2.24, 2.45) is 11.7 Å². The average molecular weight is 292 g/mol. The number of aliphatic hydroxyl groups excluding tert-OH is 1. The molecule has 0 aromatic heterocycles. The maximum atomic E-state index is 12.0. The van der Waals surface area contributed by atoms with Crippen molar-refractivity contribution in [1.82, 2.24) is 5.32 Å².